The fourth-order valence-corrected chi connectivity index (χ4v) is 2.51. The molecule has 3 aromatic carbocycles. The van der Waals surface area contributed by atoms with E-state index in [9.17, 15) is 5.11 Å². The monoisotopic (exact) mass is 328 g/mol. The highest BCUT2D eigenvalue weighted by Crippen LogP contribution is 2.28. The number of hydrogen-bond donors (Lipinski definition) is 3. The second-order valence-electron chi connectivity index (χ2n) is 5.57. The molecule has 0 aliphatic heterocycles. The van der Waals surface area contributed by atoms with E-state index in [0.717, 1.165) is 22.4 Å². The Labute approximate surface area is 145 Å². The molecule has 0 aliphatic carbocycles. The van der Waals surface area contributed by atoms with Gasteiger partial charge >= 0.3 is 0 Å². The topological polar surface area (TPSA) is 70.1 Å². The van der Waals surface area contributed by atoms with Crippen LogP contribution < -0.4 is 10.6 Å². The molecule has 122 valence electrons. The first-order chi connectivity index (χ1) is 12.3. The van der Waals surface area contributed by atoms with Gasteiger partial charge in [-0.25, -0.2) is 9.97 Å². The fourth-order valence-electron chi connectivity index (χ4n) is 2.51. The van der Waals surface area contributed by atoms with Crippen molar-refractivity contribution < 1.29 is 5.11 Å². The quantitative estimate of drug-likeness (QED) is 0.468. The molecule has 0 saturated heterocycles. The molecule has 0 bridgehead atoms. The molecule has 3 N–H and O–H groups in total. The van der Waals surface area contributed by atoms with Crippen LogP contribution in [0.5, 0.6) is 5.75 Å². The van der Waals surface area contributed by atoms with Gasteiger partial charge in [0, 0.05) is 11.4 Å². The highest BCUT2D eigenvalue weighted by molar-refractivity contribution is 5.83. The van der Waals surface area contributed by atoms with Crippen molar-refractivity contribution in [1.29, 1.82) is 0 Å². The van der Waals surface area contributed by atoms with Crippen LogP contribution in [-0.2, 0) is 0 Å². The molecule has 25 heavy (non-hydrogen) atoms. The minimum Gasteiger partial charge on any atom is -0.508 e. The molecular weight excluding hydrogens is 312 g/mol. The van der Waals surface area contributed by atoms with E-state index in [2.05, 4.69) is 10.6 Å². The Morgan fingerprint density at radius 3 is 1.60 bits per heavy atom. The summed E-state index contributed by atoms with van der Waals surface area (Å²) in [6.45, 7) is 0. The van der Waals surface area contributed by atoms with Crippen molar-refractivity contribution in [2.75, 3.05) is 10.6 Å². The van der Waals surface area contributed by atoms with E-state index in [1.807, 2.05) is 54.6 Å². The zero-order chi connectivity index (χ0) is 17.1. The Balaban J connectivity index is 1.76. The van der Waals surface area contributed by atoms with Gasteiger partial charge in [0.1, 0.15) is 5.75 Å². The van der Waals surface area contributed by atoms with E-state index in [1.54, 1.807) is 24.3 Å². The first-order valence-electron chi connectivity index (χ1n) is 7.93. The minimum absolute atomic E-state index is 0.220. The highest BCUT2D eigenvalue weighted by atomic mass is 16.3. The number of benzene rings is 3. The minimum atomic E-state index is 0.220. The van der Waals surface area contributed by atoms with Gasteiger partial charge in [-0.05, 0) is 48.5 Å². The van der Waals surface area contributed by atoms with Crippen molar-refractivity contribution in [3.8, 4) is 5.75 Å². The number of rotatable bonds is 4. The molecule has 0 atom stereocenters. The SMILES string of the molecule is Oc1ccc(Nc2nc3ccccc3nc2Nc2ccccc2)cc1. The molecule has 0 spiro atoms. The van der Waals surface area contributed by atoms with Crippen molar-refractivity contribution in [3.05, 3.63) is 78.9 Å². The number of phenols is 1. The fraction of sp³-hybridized carbons (Fsp3) is 0. The molecular formula is C20H16N4O. The summed E-state index contributed by atoms with van der Waals surface area (Å²) < 4.78 is 0. The van der Waals surface area contributed by atoms with E-state index < -0.39 is 0 Å². The van der Waals surface area contributed by atoms with Gasteiger partial charge in [-0.1, -0.05) is 30.3 Å². The summed E-state index contributed by atoms with van der Waals surface area (Å²) in [5, 5.41) is 16.0. The third kappa shape index (κ3) is 3.35. The van der Waals surface area contributed by atoms with Gasteiger partial charge in [-0.3, -0.25) is 0 Å². The zero-order valence-electron chi connectivity index (χ0n) is 13.3. The summed E-state index contributed by atoms with van der Waals surface area (Å²) in [7, 11) is 0. The maximum absolute atomic E-state index is 9.45. The number of nitrogens with zero attached hydrogens (tertiary/aromatic N) is 2. The summed E-state index contributed by atoms with van der Waals surface area (Å²) in [4.78, 5) is 9.39. The number of aromatic nitrogens is 2. The molecule has 0 fully saturated rings. The van der Waals surface area contributed by atoms with E-state index in [0.29, 0.717) is 11.6 Å². The average molecular weight is 328 g/mol. The van der Waals surface area contributed by atoms with Gasteiger partial charge in [-0.15, -0.1) is 0 Å². The first-order valence-corrected chi connectivity index (χ1v) is 7.93. The van der Waals surface area contributed by atoms with Crippen LogP contribution in [0, 0.1) is 0 Å². The number of para-hydroxylation sites is 3. The van der Waals surface area contributed by atoms with Gasteiger partial charge in [0.05, 0.1) is 11.0 Å². The molecule has 0 aliphatic rings. The third-order valence-electron chi connectivity index (χ3n) is 3.74. The lowest BCUT2D eigenvalue weighted by Gasteiger charge is -2.13. The second kappa shape index (κ2) is 6.49. The first kappa shape index (κ1) is 15.0. The predicted molar refractivity (Wildman–Crippen MR) is 101 cm³/mol. The van der Waals surface area contributed by atoms with Crippen LogP contribution in [0.3, 0.4) is 0 Å². The van der Waals surface area contributed by atoms with Gasteiger partial charge in [0.15, 0.2) is 11.6 Å². The lowest BCUT2D eigenvalue weighted by molar-refractivity contribution is 0.475. The highest BCUT2D eigenvalue weighted by Gasteiger charge is 2.10. The zero-order valence-corrected chi connectivity index (χ0v) is 13.3. The van der Waals surface area contributed by atoms with Crippen molar-refractivity contribution in [1.82, 2.24) is 9.97 Å². The van der Waals surface area contributed by atoms with Crippen LogP contribution in [0.25, 0.3) is 11.0 Å². The smallest absolute Gasteiger partial charge is 0.174 e. The Hall–Kier alpha value is -3.60. The summed E-state index contributed by atoms with van der Waals surface area (Å²) in [5.74, 6) is 1.48. The van der Waals surface area contributed by atoms with Crippen LogP contribution in [0.1, 0.15) is 0 Å². The van der Waals surface area contributed by atoms with Crippen molar-refractivity contribution >= 4 is 34.0 Å². The second-order valence-corrected chi connectivity index (χ2v) is 5.57. The van der Waals surface area contributed by atoms with Gasteiger partial charge in [-0.2, -0.15) is 0 Å². The summed E-state index contributed by atoms with van der Waals surface area (Å²) in [5.41, 5.74) is 3.37. The van der Waals surface area contributed by atoms with Crippen molar-refractivity contribution in [2.24, 2.45) is 0 Å². The Morgan fingerprint density at radius 2 is 1.04 bits per heavy atom. The van der Waals surface area contributed by atoms with Crippen LogP contribution in [0.2, 0.25) is 0 Å². The van der Waals surface area contributed by atoms with Crippen LogP contribution >= 0.6 is 0 Å². The lowest BCUT2D eigenvalue weighted by atomic mass is 10.2. The summed E-state index contributed by atoms with van der Waals surface area (Å²) >= 11 is 0. The van der Waals surface area contributed by atoms with Crippen molar-refractivity contribution in [3.63, 3.8) is 0 Å². The lowest BCUT2D eigenvalue weighted by Crippen LogP contribution is -2.03. The molecule has 0 amide bonds. The molecule has 0 unspecified atom stereocenters. The maximum atomic E-state index is 9.45. The van der Waals surface area contributed by atoms with E-state index in [1.165, 1.54) is 0 Å². The molecule has 0 radical (unpaired) electrons. The van der Waals surface area contributed by atoms with E-state index in [-0.39, 0.29) is 5.75 Å². The predicted octanol–water partition coefficient (Wildman–Crippen LogP) is 4.82. The standard InChI is InChI=1S/C20H16N4O/c25-16-12-10-15(11-13-16)22-20-19(21-14-6-2-1-3-7-14)23-17-8-4-5-9-18(17)24-20/h1-13,25H,(H,21,23)(H,22,24). The van der Waals surface area contributed by atoms with E-state index >= 15 is 0 Å². The van der Waals surface area contributed by atoms with Gasteiger partial charge in [0.25, 0.3) is 0 Å². The third-order valence-corrected chi connectivity index (χ3v) is 3.74. The molecule has 0 saturated carbocycles. The molecule has 5 heteroatoms. The van der Waals surface area contributed by atoms with Crippen LogP contribution in [0.4, 0.5) is 23.0 Å². The molecule has 1 heterocycles. The summed E-state index contributed by atoms with van der Waals surface area (Å²) in [6.07, 6.45) is 0. The molecule has 4 aromatic rings. The number of nitrogens with one attached hydrogen (secondary N) is 2. The largest absolute Gasteiger partial charge is 0.508 e. The van der Waals surface area contributed by atoms with Crippen molar-refractivity contribution in [2.45, 2.75) is 0 Å². The molecule has 5 nitrogen and oxygen atoms in total. The van der Waals surface area contributed by atoms with Crippen LogP contribution in [-0.4, -0.2) is 15.1 Å². The Morgan fingerprint density at radius 1 is 0.560 bits per heavy atom. The van der Waals surface area contributed by atoms with Gasteiger partial charge < -0.3 is 15.7 Å². The molecule has 1 aromatic heterocycles. The van der Waals surface area contributed by atoms with Crippen LogP contribution in [0.15, 0.2) is 78.9 Å². The number of aromatic hydroxyl groups is 1. The number of phenolic OH excluding ortho intramolecular Hbond substituents is 1. The number of fused-ring (bicyclic) bond motifs is 1. The normalized spacial score (nSPS) is 10.6. The number of anilines is 4. The Bertz CT molecular complexity index is 1000. The summed E-state index contributed by atoms with van der Waals surface area (Å²) in [6, 6.07) is 24.4. The molecule has 4 rings (SSSR count). The average Bonchev–Trinajstić information content (AvgIpc) is 2.65. The Kier molecular flexibility index (Phi) is 3.88. The maximum Gasteiger partial charge on any atom is 0.174 e. The van der Waals surface area contributed by atoms with E-state index in [4.69, 9.17) is 9.97 Å². The van der Waals surface area contributed by atoms with Gasteiger partial charge in [0.2, 0.25) is 0 Å². The number of hydrogen-bond acceptors (Lipinski definition) is 5.